The van der Waals surface area contributed by atoms with Crippen molar-refractivity contribution in [3.63, 3.8) is 0 Å². The van der Waals surface area contributed by atoms with Crippen LogP contribution in [0.5, 0.6) is 0 Å². The number of carbonyl (C=O) groups is 1. The van der Waals surface area contributed by atoms with Gasteiger partial charge in [-0.05, 0) is 42.7 Å². The molecule has 33 heavy (non-hydrogen) atoms. The van der Waals surface area contributed by atoms with Gasteiger partial charge in [-0.2, -0.15) is 9.57 Å². The quantitative estimate of drug-likeness (QED) is 0.605. The number of imidazole rings is 1. The fourth-order valence-corrected chi connectivity index (χ4v) is 5.54. The summed E-state index contributed by atoms with van der Waals surface area (Å²) in [7, 11) is -1.78. The molecule has 4 rings (SSSR count). The summed E-state index contributed by atoms with van der Waals surface area (Å²) < 4.78 is 29.2. The Labute approximate surface area is 193 Å². The van der Waals surface area contributed by atoms with Crippen LogP contribution in [0.1, 0.15) is 35.8 Å². The maximum Gasteiger partial charge on any atom is 0.243 e. The molecule has 1 aliphatic rings. The van der Waals surface area contributed by atoms with Gasteiger partial charge >= 0.3 is 0 Å². The first kappa shape index (κ1) is 22.7. The van der Waals surface area contributed by atoms with Crippen LogP contribution in [0, 0.1) is 17.2 Å². The van der Waals surface area contributed by atoms with Crippen LogP contribution >= 0.6 is 0 Å². The number of hydrogen-bond acceptors (Lipinski definition) is 5. The van der Waals surface area contributed by atoms with Crippen molar-refractivity contribution >= 4 is 15.9 Å². The molecular formula is C24H25N5O3S. The fourth-order valence-electron chi connectivity index (χ4n) is 4.07. The maximum absolute atomic E-state index is 13.1. The summed E-state index contributed by atoms with van der Waals surface area (Å²) in [4.78, 5) is 17.7. The molecule has 1 N–H and O–H groups in total. The minimum atomic E-state index is -3.66. The van der Waals surface area contributed by atoms with Gasteiger partial charge in [0.05, 0.1) is 16.5 Å². The Kier molecular flexibility index (Phi) is 6.58. The smallest absolute Gasteiger partial charge is 0.243 e. The third kappa shape index (κ3) is 4.82. The summed E-state index contributed by atoms with van der Waals surface area (Å²) in [5, 5.41) is 12.0. The van der Waals surface area contributed by atoms with Crippen LogP contribution in [-0.2, 0) is 21.9 Å². The highest BCUT2D eigenvalue weighted by atomic mass is 32.2. The van der Waals surface area contributed by atoms with Gasteiger partial charge in [0.25, 0.3) is 0 Å². The fraction of sp³-hybridized carbons (Fsp3) is 0.292. The van der Waals surface area contributed by atoms with E-state index in [0.29, 0.717) is 18.4 Å². The lowest BCUT2D eigenvalue weighted by Crippen LogP contribution is -2.44. The number of nitriles is 1. The third-order valence-corrected chi connectivity index (χ3v) is 7.89. The van der Waals surface area contributed by atoms with E-state index < -0.39 is 10.0 Å². The first-order valence-electron chi connectivity index (χ1n) is 10.7. The topological polar surface area (TPSA) is 108 Å². The second-order valence-corrected chi connectivity index (χ2v) is 10.0. The number of hydrogen-bond donors (Lipinski definition) is 1. The van der Waals surface area contributed by atoms with Gasteiger partial charge in [0.2, 0.25) is 15.9 Å². The van der Waals surface area contributed by atoms with Crippen molar-refractivity contribution < 1.29 is 13.2 Å². The first-order chi connectivity index (χ1) is 15.9. The van der Waals surface area contributed by atoms with Gasteiger partial charge in [-0.1, -0.05) is 30.3 Å². The lowest BCUT2D eigenvalue weighted by Gasteiger charge is -2.31. The van der Waals surface area contributed by atoms with E-state index in [2.05, 4.69) is 10.3 Å². The molecule has 2 heterocycles. The second-order valence-electron chi connectivity index (χ2n) is 8.06. The van der Waals surface area contributed by atoms with Crippen molar-refractivity contribution in [2.24, 2.45) is 13.0 Å². The molecule has 0 radical (unpaired) electrons. The number of piperidine rings is 1. The van der Waals surface area contributed by atoms with Gasteiger partial charge in [0, 0.05) is 38.4 Å². The van der Waals surface area contributed by atoms with E-state index in [1.54, 1.807) is 6.20 Å². The molecule has 3 aromatic rings. The van der Waals surface area contributed by atoms with Crippen LogP contribution in [0.25, 0.3) is 0 Å². The van der Waals surface area contributed by atoms with E-state index >= 15 is 0 Å². The molecule has 1 atom stereocenters. The number of amides is 1. The molecule has 170 valence electrons. The minimum Gasteiger partial charge on any atom is -0.342 e. The van der Waals surface area contributed by atoms with Crippen LogP contribution < -0.4 is 5.32 Å². The second kappa shape index (κ2) is 9.57. The van der Waals surface area contributed by atoms with Crippen molar-refractivity contribution in [2.45, 2.75) is 23.8 Å². The van der Waals surface area contributed by atoms with Crippen LogP contribution in [0.15, 0.2) is 71.9 Å². The molecule has 1 amide bonds. The van der Waals surface area contributed by atoms with Gasteiger partial charge in [0.1, 0.15) is 11.9 Å². The molecule has 0 bridgehead atoms. The standard InChI is InChI=1S/C24H25N5O3S/c1-28-16-13-26-23(28)22(19-5-3-2-4-6-19)27-24(30)20-11-14-29(15-12-20)33(31,32)21-9-7-18(17-25)8-10-21/h2-10,13,16,20,22H,11-12,14-15H2,1H3,(H,27,30). The first-order valence-corrected chi connectivity index (χ1v) is 12.2. The molecule has 8 nitrogen and oxygen atoms in total. The predicted molar refractivity (Wildman–Crippen MR) is 122 cm³/mol. The number of nitrogens with one attached hydrogen (secondary N) is 1. The average molecular weight is 464 g/mol. The monoisotopic (exact) mass is 463 g/mol. The third-order valence-electron chi connectivity index (χ3n) is 5.98. The van der Waals surface area contributed by atoms with Crippen LogP contribution in [0.3, 0.4) is 0 Å². The Balaban J connectivity index is 1.44. The van der Waals surface area contributed by atoms with Gasteiger partial charge in [-0.3, -0.25) is 4.79 Å². The highest BCUT2D eigenvalue weighted by molar-refractivity contribution is 7.89. The Morgan fingerprint density at radius 1 is 1.12 bits per heavy atom. The SMILES string of the molecule is Cn1ccnc1C(NC(=O)C1CCN(S(=O)(=O)c2ccc(C#N)cc2)CC1)c1ccccc1. The van der Waals surface area contributed by atoms with Gasteiger partial charge in [-0.15, -0.1) is 0 Å². The molecule has 1 unspecified atom stereocenters. The van der Waals surface area contributed by atoms with E-state index in [0.717, 1.165) is 11.4 Å². The van der Waals surface area contributed by atoms with Crippen molar-refractivity contribution in [1.29, 1.82) is 5.26 Å². The lowest BCUT2D eigenvalue weighted by molar-refractivity contribution is -0.126. The lowest BCUT2D eigenvalue weighted by atomic mass is 9.96. The number of nitrogens with zero attached hydrogens (tertiary/aromatic N) is 4. The average Bonchev–Trinajstić information content (AvgIpc) is 3.28. The number of aryl methyl sites for hydroxylation is 1. The summed E-state index contributed by atoms with van der Waals surface area (Å²) in [6, 6.07) is 17.1. The van der Waals surface area contributed by atoms with Gasteiger partial charge in [-0.25, -0.2) is 13.4 Å². The number of benzene rings is 2. The number of aromatic nitrogens is 2. The molecular weight excluding hydrogens is 438 g/mol. The van der Waals surface area contributed by atoms with Gasteiger partial charge < -0.3 is 9.88 Å². The Hall–Kier alpha value is -3.48. The number of sulfonamides is 1. The summed E-state index contributed by atoms with van der Waals surface area (Å²) >= 11 is 0. The highest BCUT2D eigenvalue weighted by Gasteiger charge is 2.33. The molecule has 0 aliphatic carbocycles. The Morgan fingerprint density at radius 3 is 2.36 bits per heavy atom. The van der Waals surface area contributed by atoms with E-state index in [1.165, 1.54) is 28.6 Å². The van der Waals surface area contributed by atoms with Crippen molar-refractivity contribution in [3.8, 4) is 6.07 Å². The maximum atomic E-state index is 13.1. The summed E-state index contributed by atoms with van der Waals surface area (Å²) in [6.07, 6.45) is 4.40. The Morgan fingerprint density at radius 2 is 1.79 bits per heavy atom. The largest absolute Gasteiger partial charge is 0.342 e. The zero-order chi connectivity index (χ0) is 23.4. The summed E-state index contributed by atoms with van der Waals surface area (Å²) in [5.74, 6) is 0.335. The van der Waals surface area contributed by atoms with E-state index in [4.69, 9.17) is 5.26 Å². The highest BCUT2D eigenvalue weighted by Crippen LogP contribution is 2.26. The molecule has 0 saturated carbocycles. The number of rotatable bonds is 6. The molecule has 1 fully saturated rings. The van der Waals surface area contributed by atoms with Crippen molar-refractivity contribution in [1.82, 2.24) is 19.2 Å². The molecule has 1 aliphatic heterocycles. The van der Waals surface area contributed by atoms with Crippen LogP contribution in [0.4, 0.5) is 0 Å². The minimum absolute atomic E-state index is 0.109. The van der Waals surface area contributed by atoms with E-state index in [1.807, 2.05) is 54.2 Å². The normalized spacial score (nSPS) is 16.1. The number of carbonyl (C=O) groups excluding carboxylic acids is 1. The van der Waals surface area contributed by atoms with Crippen LogP contribution in [-0.4, -0.2) is 41.3 Å². The van der Waals surface area contributed by atoms with Crippen molar-refractivity contribution in [3.05, 3.63) is 83.9 Å². The van der Waals surface area contributed by atoms with Crippen LogP contribution in [0.2, 0.25) is 0 Å². The molecule has 9 heteroatoms. The molecule has 0 spiro atoms. The van der Waals surface area contributed by atoms with E-state index in [9.17, 15) is 13.2 Å². The molecule has 1 aromatic heterocycles. The predicted octanol–water partition coefficient (Wildman–Crippen LogP) is 2.60. The molecule has 2 aromatic carbocycles. The summed E-state index contributed by atoms with van der Waals surface area (Å²) in [6.45, 7) is 0.525. The zero-order valence-electron chi connectivity index (χ0n) is 18.3. The van der Waals surface area contributed by atoms with E-state index in [-0.39, 0.29) is 35.9 Å². The van der Waals surface area contributed by atoms with Gasteiger partial charge in [0.15, 0.2) is 0 Å². The molecule has 1 saturated heterocycles. The Bertz CT molecular complexity index is 1260. The summed E-state index contributed by atoms with van der Waals surface area (Å²) in [5.41, 5.74) is 1.34. The van der Waals surface area contributed by atoms with Crippen molar-refractivity contribution in [2.75, 3.05) is 13.1 Å². The zero-order valence-corrected chi connectivity index (χ0v) is 19.1.